The maximum Gasteiger partial charge on any atom is 0.225 e. The number of benzene rings is 2. The molecule has 3 N–H and O–H groups in total. The third kappa shape index (κ3) is 3.08. The van der Waals surface area contributed by atoms with E-state index in [4.69, 9.17) is 0 Å². The third-order valence-electron chi connectivity index (χ3n) is 4.71. The average molecular weight is 346 g/mol. The van der Waals surface area contributed by atoms with Gasteiger partial charge < -0.3 is 15.3 Å². The van der Waals surface area contributed by atoms with Crippen molar-refractivity contribution in [3.8, 4) is 0 Å². The SMILES string of the molecule is CC(C)[C@H](NC(=O)Cc1c[nH]c2ccccc12)c1nc2ccccc2[nH]1. The minimum absolute atomic E-state index is 0.00564. The number of aromatic amines is 2. The van der Waals surface area contributed by atoms with Gasteiger partial charge in [-0.25, -0.2) is 4.98 Å². The standard InChI is InChI=1S/C21H22N4O/c1-13(2)20(21-23-17-9-5-6-10-18(17)24-21)25-19(26)11-14-12-22-16-8-4-3-7-15(14)16/h3-10,12-13,20,22H,11H2,1-2H3,(H,23,24)(H,25,26)/t20-/m0/s1. The summed E-state index contributed by atoms with van der Waals surface area (Å²) < 4.78 is 0. The molecule has 0 fully saturated rings. The Morgan fingerprint density at radius 2 is 1.81 bits per heavy atom. The predicted octanol–water partition coefficient (Wildman–Crippen LogP) is 4.10. The molecule has 1 amide bonds. The Labute approximate surface area is 151 Å². The van der Waals surface area contributed by atoms with E-state index in [0.717, 1.165) is 33.3 Å². The Kier molecular flexibility index (Phi) is 4.21. The van der Waals surface area contributed by atoms with Crippen LogP contribution in [0.15, 0.2) is 54.7 Å². The van der Waals surface area contributed by atoms with Gasteiger partial charge in [0, 0.05) is 17.1 Å². The Hall–Kier alpha value is -3.08. The van der Waals surface area contributed by atoms with E-state index >= 15 is 0 Å². The van der Waals surface area contributed by atoms with Crippen LogP contribution in [0.25, 0.3) is 21.9 Å². The summed E-state index contributed by atoms with van der Waals surface area (Å²) in [5.41, 5.74) is 3.95. The fourth-order valence-electron chi connectivity index (χ4n) is 3.35. The van der Waals surface area contributed by atoms with Crippen molar-refractivity contribution in [2.45, 2.75) is 26.3 Å². The summed E-state index contributed by atoms with van der Waals surface area (Å²) in [6.45, 7) is 4.17. The van der Waals surface area contributed by atoms with Crippen LogP contribution < -0.4 is 5.32 Å². The number of nitrogens with zero attached hydrogens (tertiary/aromatic N) is 1. The molecule has 5 heteroatoms. The molecular weight excluding hydrogens is 324 g/mol. The second-order valence-corrected chi connectivity index (χ2v) is 6.96. The fourth-order valence-corrected chi connectivity index (χ4v) is 3.35. The predicted molar refractivity (Wildman–Crippen MR) is 104 cm³/mol. The summed E-state index contributed by atoms with van der Waals surface area (Å²) in [4.78, 5) is 23.9. The number of amides is 1. The zero-order chi connectivity index (χ0) is 18.1. The number of rotatable bonds is 5. The van der Waals surface area contributed by atoms with Gasteiger partial charge in [0.25, 0.3) is 0 Å². The zero-order valence-electron chi connectivity index (χ0n) is 14.9. The van der Waals surface area contributed by atoms with Crippen LogP contribution in [0.4, 0.5) is 0 Å². The second kappa shape index (κ2) is 6.67. The lowest BCUT2D eigenvalue weighted by Gasteiger charge is -2.20. The van der Waals surface area contributed by atoms with Crippen molar-refractivity contribution in [3.63, 3.8) is 0 Å². The normalized spacial score (nSPS) is 12.7. The summed E-state index contributed by atoms with van der Waals surface area (Å²) in [5, 5.41) is 4.24. The number of carbonyl (C=O) groups excluding carboxylic acids is 1. The first kappa shape index (κ1) is 16.4. The van der Waals surface area contributed by atoms with Crippen molar-refractivity contribution in [3.05, 3.63) is 66.1 Å². The molecule has 26 heavy (non-hydrogen) atoms. The van der Waals surface area contributed by atoms with E-state index in [0.29, 0.717) is 6.42 Å². The van der Waals surface area contributed by atoms with Crippen molar-refractivity contribution in [2.24, 2.45) is 5.92 Å². The van der Waals surface area contributed by atoms with Crippen molar-refractivity contribution >= 4 is 27.8 Å². The van der Waals surface area contributed by atoms with Gasteiger partial charge in [-0.05, 0) is 29.7 Å². The van der Waals surface area contributed by atoms with Crippen LogP contribution >= 0.6 is 0 Å². The number of aromatic nitrogens is 3. The largest absolute Gasteiger partial charge is 0.361 e. The van der Waals surface area contributed by atoms with Crippen LogP contribution in [0.5, 0.6) is 0 Å². The molecule has 0 aliphatic heterocycles. The van der Waals surface area contributed by atoms with Gasteiger partial charge in [-0.2, -0.15) is 0 Å². The molecule has 4 aromatic rings. The minimum Gasteiger partial charge on any atom is -0.361 e. The van der Waals surface area contributed by atoms with Crippen molar-refractivity contribution < 1.29 is 4.79 Å². The van der Waals surface area contributed by atoms with Crippen LogP contribution in [0.1, 0.15) is 31.3 Å². The monoisotopic (exact) mass is 346 g/mol. The van der Waals surface area contributed by atoms with Crippen LogP contribution in [0.3, 0.4) is 0 Å². The van der Waals surface area contributed by atoms with E-state index in [1.165, 1.54) is 0 Å². The molecule has 0 aliphatic rings. The Morgan fingerprint density at radius 3 is 2.58 bits per heavy atom. The molecule has 4 rings (SSSR count). The van der Waals surface area contributed by atoms with E-state index < -0.39 is 0 Å². The van der Waals surface area contributed by atoms with Gasteiger partial charge in [-0.1, -0.05) is 44.2 Å². The smallest absolute Gasteiger partial charge is 0.225 e. The Morgan fingerprint density at radius 1 is 1.08 bits per heavy atom. The lowest BCUT2D eigenvalue weighted by Crippen LogP contribution is -2.33. The number of imidazole rings is 1. The van der Waals surface area contributed by atoms with Crippen molar-refractivity contribution in [1.82, 2.24) is 20.3 Å². The van der Waals surface area contributed by atoms with Gasteiger partial charge in [0.05, 0.1) is 23.5 Å². The Balaban J connectivity index is 1.55. The molecule has 132 valence electrons. The maximum absolute atomic E-state index is 12.7. The molecule has 1 atom stereocenters. The van der Waals surface area contributed by atoms with Crippen LogP contribution in [0, 0.1) is 5.92 Å². The fraction of sp³-hybridized carbons (Fsp3) is 0.238. The van der Waals surface area contributed by atoms with Crippen LogP contribution in [-0.4, -0.2) is 20.9 Å². The van der Waals surface area contributed by atoms with Gasteiger partial charge in [0.15, 0.2) is 0 Å². The van der Waals surface area contributed by atoms with E-state index in [1.807, 2.05) is 54.7 Å². The quantitative estimate of drug-likeness (QED) is 0.509. The average Bonchev–Trinajstić information content (AvgIpc) is 3.23. The van der Waals surface area contributed by atoms with E-state index in [-0.39, 0.29) is 17.9 Å². The molecule has 0 saturated carbocycles. The van der Waals surface area contributed by atoms with E-state index in [2.05, 4.69) is 34.1 Å². The second-order valence-electron chi connectivity index (χ2n) is 6.96. The van der Waals surface area contributed by atoms with Gasteiger partial charge >= 0.3 is 0 Å². The first-order chi connectivity index (χ1) is 12.6. The summed E-state index contributed by atoms with van der Waals surface area (Å²) in [6.07, 6.45) is 2.25. The molecule has 0 unspecified atom stereocenters. The van der Waals surface area contributed by atoms with Crippen molar-refractivity contribution in [2.75, 3.05) is 0 Å². The third-order valence-corrected chi connectivity index (χ3v) is 4.71. The van der Waals surface area contributed by atoms with E-state index in [9.17, 15) is 4.79 Å². The molecule has 0 spiro atoms. The molecule has 0 bridgehead atoms. The number of H-pyrrole nitrogens is 2. The zero-order valence-corrected chi connectivity index (χ0v) is 14.9. The molecular formula is C21H22N4O. The summed E-state index contributed by atoms with van der Waals surface area (Å²) in [7, 11) is 0. The topological polar surface area (TPSA) is 73.6 Å². The van der Waals surface area contributed by atoms with Crippen LogP contribution in [-0.2, 0) is 11.2 Å². The Bertz CT molecular complexity index is 1030. The number of hydrogen-bond acceptors (Lipinski definition) is 2. The number of hydrogen-bond donors (Lipinski definition) is 3. The van der Waals surface area contributed by atoms with Crippen molar-refractivity contribution in [1.29, 1.82) is 0 Å². The number of para-hydroxylation sites is 3. The highest BCUT2D eigenvalue weighted by molar-refractivity contribution is 5.89. The number of carbonyl (C=O) groups is 1. The molecule has 5 nitrogen and oxygen atoms in total. The molecule has 0 saturated heterocycles. The van der Waals surface area contributed by atoms with Crippen LogP contribution in [0.2, 0.25) is 0 Å². The lowest BCUT2D eigenvalue weighted by molar-refractivity contribution is -0.121. The first-order valence-corrected chi connectivity index (χ1v) is 8.91. The maximum atomic E-state index is 12.7. The molecule has 0 radical (unpaired) electrons. The highest BCUT2D eigenvalue weighted by Gasteiger charge is 2.22. The summed E-state index contributed by atoms with van der Waals surface area (Å²) in [6, 6.07) is 15.8. The molecule has 2 aromatic carbocycles. The van der Waals surface area contributed by atoms with Gasteiger partial charge in [-0.3, -0.25) is 4.79 Å². The number of nitrogens with one attached hydrogen (secondary N) is 3. The highest BCUT2D eigenvalue weighted by atomic mass is 16.1. The van der Waals surface area contributed by atoms with Gasteiger partial charge in [0.2, 0.25) is 5.91 Å². The highest BCUT2D eigenvalue weighted by Crippen LogP contribution is 2.23. The van der Waals surface area contributed by atoms with Gasteiger partial charge in [0.1, 0.15) is 5.82 Å². The van der Waals surface area contributed by atoms with E-state index in [1.54, 1.807) is 0 Å². The molecule has 2 heterocycles. The number of fused-ring (bicyclic) bond motifs is 2. The lowest BCUT2D eigenvalue weighted by atomic mass is 10.0. The summed E-state index contributed by atoms with van der Waals surface area (Å²) in [5.74, 6) is 1.02. The summed E-state index contributed by atoms with van der Waals surface area (Å²) >= 11 is 0. The molecule has 2 aromatic heterocycles. The minimum atomic E-state index is -0.153. The van der Waals surface area contributed by atoms with Gasteiger partial charge in [-0.15, -0.1) is 0 Å². The first-order valence-electron chi connectivity index (χ1n) is 8.91. The molecule has 0 aliphatic carbocycles.